The van der Waals surface area contributed by atoms with Gasteiger partial charge in [-0.25, -0.2) is 4.98 Å². The van der Waals surface area contributed by atoms with Crippen molar-refractivity contribution in [3.05, 3.63) is 58.6 Å². The van der Waals surface area contributed by atoms with Crippen molar-refractivity contribution in [1.82, 2.24) is 9.97 Å². The number of H-pyrrole nitrogens is 1. The third kappa shape index (κ3) is 3.07. The topological polar surface area (TPSA) is 101 Å². The number of rotatable bonds is 3. The highest BCUT2D eigenvalue weighted by atomic mass is 32.2. The van der Waals surface area contributed by atoms with Crippen LogP contribution in [0.5, 0.6) is 0 Å². The summed E-state index contributed by atoms with van der Waals surface area (Å²) in [4.78, 5) is 29.3. The quantitative estimate of drug-likeness (QED) is 0.435. The van der Waals surface area contributed by atoms with Crippen LogP contribution in [0, 0.1) is 10.1 Å². The molecule has 3 aromatic rings. The number of carbonyl (C=O) groups is 1. The minimum atomic E-state index is -0.491. The third-order valence-electron chi connectivity index (χ3n) is 2.88. The SMILES string of the molecule is O=C(Nc1ccc([N+](=O)[O-])cc1)Sc1nc2ccccc2[nH]1. The minimum absolute atomic E-state index is 0.0251. The van der Waals surface area contributed by atoms with E-state index in [9.17, 15) is 14.9 Å². The maximum Gasteiger partial charge on any atom is 0.291 e. The minimum Gasteiger partial charge on any atom is -0.332 e. The number of hydrogen-bond acceptors (Lipinski definition) is 5. The smallest absolute Gasteiger partial charge is 0.291 e. The zero-order chi connectivity index (χ0) is 15.5. The van der Waals surface area contributed by atoms with Gasteiger partial charge in [0, 0.05) is 29.6 Å². The first kappa shape index (κ1) is 14.1. The normalized spacial score (nSPS) is 10.5. The van der Waals surface area contributed by atoms with Crippen molar-refractivity contribution in [3.63, 3.8) is 0 Å². The number of nitro benzene ring substituents is 1. The fourth-order valence-corrected chi connectivity index (χ4v) is 2.52. The fraction of sp³-hybridized carbons (Fsp3) is 0. The zero-order valence-electron chi connectivity index (χ0n) is 11.1. The summed E-state index contributed by atoms with van der Waals surface area (Å²) in [5.74, 6) is 0. The summed E-state index contributed by atoms with van der Waals surface area (Å²) in [6.07, 6.45) is 0. The molecular weight excluding hydrogens is 304 g/mol. The van der Waals surface area contributed by atoms with Crippen molar-refractivity contribution < 1.29 is 9.72 Å². The maximum atomic E-state index is 11.9. The largest absolute Gasteiger partial charge is 0.332 e. The Morgan fingerprint density at radius 1 is 1.18 bits per heavy atom. The van der Waals surface area contributed by atoms with Crippen LogP contribution in [-0.2, 0) is 0 Å². The van der Waals surface area contributed by atoms with E-state index in [1.807, 2.05) is 24.3 Å². The summed E-state index contributed by atoms with van der Waals surface area (Å²) in [7, 11) is 0. The highest BCUT2D eigenvalue weighted by Gasteiger charge is 2.10. The number of fused-ring (bicyclic) bond motifs is 1. The van der Waals surface area contributed by atoms with Gasteiger partial charge in [0.1, 0.15) is 0 Å². The molecule has 0 aliphatic carbocycles. The lowest BCUT2D eigenvalue weighted by molar-refractivity contribution is -0.384. The van der Waals surface area contributed by atoms with Gasteiger partial charge in [0.25, 0.3) is 10.9 Å². The fourth-order valence-electron chi connectivity index (χ4n) is 1.88. The lowest BCUT2D eigenvalue weighted by Crippen LogP contribution is -2.04. The molecular formula is C14H10N4O3S. The average Bonchev–Trinajstić information content (AvgIpc) is 2.89. The van der Waals surface area contributed by atoms with Crippen LogP contribution in [0.25, 0.3) is 11.0 Å². The molecule has 1 amide bonds. The number of anilines is 1. The van der Waals surface area contributed by atoms with Gasteiger partial charge in [0.2, 0.25) is 0 Å². The molecule has 1 heterocycles. The molecule has 3 rings (SSSR count). The molecule has 1 aromatic heterocycles. The van der Waals surface area contributed by atoms with Crippen LogP contribution in [0.2, 0.25) is 0 Å². The number of imidazole rings is 1. The Morgan fingerprint density at radius 2 is 1.91 bits per heavy atom. The van der Waals surface area contributed by atoms with Crippen molar-refractivity contribution in [2.45, 2.75) is 5.16 Å². The van der Waals surface area contributed by atoms with Gasteiger partial charge in [0.15, 0.2) is 5.16 Å². The Morgan fingerprint density at radius 3 is 2.59 bits per heavy atom. The van der Waals surface area contributed by atoms with Crippen LogP contribution in [0.15, 0.2) is 53.7 Å². The van der Waals surface area contributed by atoms with Crippen LogP contribution >= 0.6 is 11.8 Å². The first-order chi connectivity index (χ1) is 10.6. The second kappa shape index (κ2) is 5.86. The van der Waals surface area contributed by atoms with Crippen molar-refractivity contribution in [3.8, 4) is 0 Å². The van der Waals surface area contributed by atoms with E-state index in [2.05, 4.69) is 15.3 Å². The molecule has 0 spiro atoms. The number of non-ortho nitro benzene ring substituents is 1. The van der Waals surface area contributed by atoms with E-state index in [4.69, 9.17) is 0 Å². The van der Waals surface area contributed by atoms with Crippen molar-refractivity contribution in [2.75, 3.05) is 5.32 Å². The molecule has 0 saturated heterocycles. The second-order valence-corrected chi connectivity index (χ2v) is 5.34. The molecule has 0 aliphatic rings. The molecule has 2 N–H and O–H groups in total. The van der Waals surface area contributed by atoms with Crippen LogP contribution in [0.4, 0.5) is 16.2 Å². The van der Waals surface area contributed by atoms with E-state index in [-0.39, 0.29) is 10.9 Å². The Labute approximate surface area is 128 Å². The van der Waals surface area contributed by atoms with Gasteiger partial charge in [-0.05, 0) is 24.3 Å². The number of para-hydroxylation sites is 2. The van der Waals surface area contributed by atoms with Gasteiger partial charge in [-0.2, -0.15) is 0 Å². The summed E-state index contributed by atoms with van der Waals surface area (Å²) in [5, 5.41) is 13.4. The molecule has 7 nitrogen and oxygen atoms in total. The van der Waals surface area contributed by atoms with Crippen LogP contribution in [0.3, 0.4) is 0 Å². The Kier molecular flexibility index (Phi) is 3.75. The van der Waals surface area contributed by atoms with Crippen LogP contribution in [-0.4, -0.2) is 20.1 Å². The third-order valence-corrected chi connectivity index (χ3v) is 3.56. The Balaban J connectivity index is 1.68. The van der Waals surface area contributed by atoms with E-state index in [1.54, 1.807) is 0 Å². The number of nitrogens with one attached hydrogen (secondary N) is 2. The van der Waals surface area contributed by atoms with Gasteiger partial charge in [0.05, 0.1) is 16.0 Å². The highest BCUT2D eigenvalue weighted by Crippen LogP contribution is 2.22. The molecule has 0 unspecified atom stereocenters. The van der Waals surface area contributed by atoms with E-state index in [0.29, 0.717) is 10.8 Å². The number of benzene rings is 2. The molecule has 0 radical (unpaired) electrons. The van der Waals surface area contributed by atoms with Crippen molar-refractivity contribution in [1.29, 1.82) is 0 Å². The van der Waals surface area contributed by atoms with E-state index in [0.717, 1.165) is 22.8 Å². The molecule has 2 aromatic carbocycles. The molecule has 0 saturated carbocycles. The number of carbonyl (C=O) groups excluding carboxylic acids is 1. The Hall–Kier alpha value is -2.87. The van der Waals surface area contributed by atoms with E-state index >= 15 is 0 Å². The molecule has 8 heteroatoms. The summed E-state index contributed by atoms with van der Waals surface area (Å²) in [5.41, 5.74) is 2.10. The summed E-state index contributed by atoms with van der Waals surface area (Å²) in [6.45, 7) is 0. The second-order valence-electron chi connectivity index (χ2n) is 4.38. The zero-order valence-corrected chi connectivity index (χ0v) is 12.0. The Bertz CT molecular complexity index is 812. The number of aromatic amines is 1. The predicted octanol–water partition coefficient (Wildman–Crippen LogP) is 3.80. The van der Waals surface area contributed by atoms with Crippen molar-refractivity contribution in [2.24, 2.45) is 0 Å². The number of hydrogen-bond donors (Lipinski definition) is 2. The standard InChI is InChI=1S/C14H10N4O3S/c19-14(15-9-5-7-10(8-6-9)18(20)21)22-13-16-11-3-1-2-4-12(11)17-13/h1-8H,(H,15,19)(H,16,17). The lowest BCUT2D eigenvalue weighted by Gasteiger charge is -2.02. The van der Waals surface area contributed by atoms with Gasteiger partial charge < -0.3 is 10.3 Å². The van der Waals surface area contributed by atoms with Crippen molar-refractivity contribution >= 4 is 39.4 Å². The monoisotopic (exact) mass is 314 g/mol. The van der Waals surface area contributed by atoms with Gasteiger partial charge >= 0.3 is 0 Å². The first-order valence-corrected chi connectivity index (χ1v) is 7.11. The number of amides is 1. The van der Waals surface area contributed by atoms with Crippen LogP contribution in [0.1, 0.15) is 0 Å². The summed E-state index contributed by atoms with van der Waals surface area (Å²) < 4.78 is 0. The van der Waals surface area contributed by atoms with Gasteiger partial charge in [-0.3, -0.25) is 14.9 Å². The highest BCUT2D eigenvalue weighted by molar-refractivity contribution is 8.13. The molecule has 110 valence electrons. The number of nitrogens with zero attached hydrogens (tertiary/aromatic N) is 2. The van der Waals surface area contributed by atoms with E-state index in [1.165, 1.54) is 24.3 Å². The van der Waals surface area contributed by atoms with Crippen LogP contribution < -0.4 is 5.32 Å². The van der Waals surface area contributed by atoms with E-state index < -0.39 is 4.92 Å². The molecule has 0 aliphatic heterocycles. The van der Waals surface area contributed by atoms with Gasteiger partial charge in [-0.1, -0.05) is 12.1 Å². The first-order valence-electron chi connectivity index (χ1n) is 6.30. The molecule has 0 bridgehead atoms. The summed E-state index contributed by atoms with van der Waals surface area (Å²) >= 11 is 0.924. The molecule has 22 heavy (non-hydrogen) atoms. The number of thioether (sulfide) groups is 1. The number of aromatic nitrogens is 2. The molecule has 0 atom stereocenters. The summed E-state index contributed by atoms with van der Waals surface area (Å²) in [6, 6.07) is 13.1. The van der Waals surface area contributed by atoms with Gasteiger partial charge in [-0.15, -0.1) is 0 Å². The lowest BCUT2D eigenvalue weighted by atomic mass is 10.3. The maximum absolute atomic E-state index is 11.9. The average molecular weight is 314 g/mol. The predicted molar refractivity (Wildman–Crippen MR) is 84.1 cm³/mol. The molecule has 0 fully saturated rings. The number of nitro groups is 1.